The second kappa shape index (κ2) is 6.28. The SMILES string of the molecule is Cc1nn(CCN)c(C)c1S(=O)(=O)N1CCSC(C)C1C. The lowest BCUT2D eigenvalue weighted by atomic mass is 10.2. The fourth-order valence-electron chi connectivity index (χ4n) is 2.76. The number of hydrogen-bond donors (Lipinski definition) is 1. The van der Waals surface area contributed by atoms with Crippen molar-refractivity contribution in [3.63, 3.8) is 0 Å². The molecular weight excluding hydrogens is 308 g/mol. The summed E-state index contributed by atoms with van der Waals surface area (Å²) in [5.41, 5.74) is 6.79. The van der Waals surface area contributed by atoms with Gasteiger partial charge in [-0.15, -0.1) is 0 Å². The quantitative estimate of drug-likeness (QED) is 0.888. The van der Waals surface area contributed by atoms with Crippen molar-refractivity contribution in [2.75, 3.05) is 18.8 Å². The van der Waals surface area contributed by atoms with Crippen LogP contribution in [0, 0.1) is 13.8 Å². The zero-order chi connectivity index (χ0) is 15.8. The van der Waals surface area contributed by atoms with Crippen LogP contribution in [0.2, 0.25) is 0 Å². The molecule has 1 aromatic rings. The molecular formula is C13H24N4O2S2. The predicted octanol–water partition coefficient (Wildman–Crippen LogP) is 0.973. The van der Waals surface area contributed by atoms with Gasteiger partial charge in [0.15, 0.2) is 0 Å². The molecule has 2 N–H and O–H groups in total. The van der Waals surface area contributed by atoms with Gasteiger partial charge < -0.3 is 5.73 Å². The van der Waals surface area contributed by atoms with Crippen LogP contribution in [0.1, 0.15) is 25.2 Å². The van der Waals surface area contributed by atoms with E-state index in [9.17, 15) is 8.42 Å². The minimum absolute atomic E-state index is 0.00888. The molecule has 0 bridgehead atoms. The minimum atomic E-state index is -3.51. The van der Waals surface area contributed by atoms with Gasteiger partial charge in [0.2, 0.25) is 10.0 Å². The van der Waals surface area contributed by atoms with E-state index in [0.717, 1.165) is 5.75 Å². The molecule has 0 aliphatic carbocycles. The molecule has 0 radical (unpaired) electrons. The number of sulfonamides is 1. The molecule has 2 unspecified atom stereocenters. The van der Waals surface area contributed by atoms with Gasteiger partial charge >= 0.3 is 0 Å². The van der Waals surface area contributed by atoms with Gasteiger partial charge in [-0.2, -0.15) is 21.2 Å². The molecule has 0 aromatic carbocycles. The fraction of sp³-hybridized carbons (Fsp3) is 0.769. The van der Waals surface area contributed by atoms with Gasteiger partial charge in [-0.3, -0.25) is 4.68 Å². The van der Waals surface area contributed by atoms with Gasteiger partial charge in [0.25, 0.3) is 0 Å². The third-order valence-corrected chi connectivity index (χ3v) is 7.63. The second-order valence-electron chi connectivity index (χ2n) is 5.44. The molecule has 1 saturated heterocycles. The van der Waals surface area contributed by atoms with Crippen molar-refractivity contribution >= 4 is 21.8 Å². The van der Waals surface area contributed by atoms with E-state index in [1.54, 1.807) is 22.8 Å². The predicted molar refractivity (Wildman–Crippen MR) is 86.0 cm³/mol. The van der Waals surface area contributed by atoms with Crippen LogP contribution in [-0.2, 0) is 16.6 Å². The van der Waals surface area contributed by atoms with E-state index < -0.39 is 10.0 Å². The maximum absolute atomic E-state index is 13.0. The fourth-order valence-corrected chi connectivity index (χ4v) is 6.13. The molecule has 0 saturated carbocycles. The Bertz CT molecular complexity index is 612. The maximum Gasteiger partial charge on any atom is 0.247 e. The standard InChI is InChI=1S/C13H24N4O2S2/c1-9-13(11(3)16(15-9)6-5-14)21(18,19)17-7-8-20-12(4)10(17)2/h10,12H,5-8,14H2,1-4H3. The molecule has 2 rings (SSSR count). The average Bonchev–Trinajstić information content (AvgIpc) is 2.68. The number of aryl methyl sites for hydroxylation is 1. The highest BCUT2D eigenvalue weighted by molar-refractivity contribution is 8.00. The van der Waals surface area contributed by atoms with E-state index in [1.807, 2.05) is 18.7 Å². The summed E-state index contributed by atoms with van der Waals surface area (Å²) in [6.45, 7) is 9.13. The lowest BCUT2D eigenvalue weighted by molar-refractivity contribution is 0.340. The molecule has 0 spiro atoms. The van der Waals surface area contributed by atoms with Crippen molar-refractivity contribution in [2.24, 2.45) is 5.73 Å². The molecule has 1 aliphatic heterocycles. The summed E-state index contributed by atoms with van der Waals surface area (Å²) in [6.07, 6.45) is 0. The smallest absolute Gasteiger partial charge is 0.247 e. The highest BCUT2D eigenvalue weighted by atomic mass is 32.2. The first-order valence-electron chi connectivity index (χ1n) is 7.18. The molecule has 1 aliphatic rings. The van der Waals surface area contributed by atoms with Crippen molar-refractivity contribution in [3.05, 3.63) is 11.4 Å². The summed E-state index contributed by atoms with van der Waals surface area (Å²) in [4.78, 5) is 0.349. The Kier molecular flexibility index (Phi) is 5.02. The van der Waals surface area contributed by atoms with Crippen LogP contribution in [0.5, 0.6) is 0 Å². The maximum atomic E-state index is 13.0. The lowest BCUT2D eigenvalue weighted by Crippen LogP contribution is -2.48. The molecule has 21 heavy (non-hydrogen) atoms. The van der Waals surface area contributed by atoms with E-state index in [-0.39, 0.29) is 6.04 Å². The van der Waals surface area contributed by atoms with Gasteiger partial charge in [-0.1, -0.05) is 6.92 Å². The molecule has 120 valence electrons. The van der Waals surface area contributed by atoms with E-state index >= 15 is 0 Å². The van der Waals surface area contributed by atoms with Gasteiger partial charge in [-0.05, 0) is 20.8 Å². The van der Waals surface area contributed by atoms with Gasteiger partial charge in [-0.25, -0.2) is 8.42 Å². The normalized spacial score (nSPS) is 24.4. The van der Waals surface area contributed by atoms with Crippen molar-refractivity contribution in [1.29, 1.82) is 0 Å². The van der Waals surface area contributed by atoms with E-state index in [4.69, 9.17) is 5.73 Å². The van der Waals surface area contributed by atoms with Crippen molar-refractivity contribution < 1.29 is 8.42 Å². The summed E-state index contributed by atoms with van der Waals surface area (Å²) >= 11 is 1.82. The minimum Gasteiger partial charge on any atom is -0.329 e. The Labute approximate surface area is 131 Å². The first-order valence-corrected chi connectivity index (χ1v) is 9.67. The Morgan fingerprint density at radius 2 is 2.05 bits per heavy atom. The Hall–Kier alpha value is -0.570. The number of hydrogen-bond acceptors (Lipinski definition) is 5. The first-order chi connectivity index (χ1) is 9.80. The number of rotatable bonds is 4. The Morgan fingerprint density at radius 1 is 1.38 bits per heavy atom. The van der Waals surface area contributed by atoms with E-state index in [0.29, 0.717) is 41.2 Å². The molecule has 1 aromatic heterocycles. The molecule has 2 atom stereocenters. The zero-order valence-corrected chi connectivity index (χ0v) is 14.7. The summed E-state index contributed by atoms with van der Waals surface area (Å²) in [5.74, 6) is 0.833. The largest absolute Gasteiger partial charge is 0.329 e. The second-order valence-corrected chi connectivity index (χ2v) is 8.76. The molecule has 2 heterocycles. The van der Waals surface area contributed by atoms with E-state index in [2.05, 4.69) is 12.0 Å². The van der Waals surface area contributed by atoms with Crippen molar-refractivity contribution in [1.82, 2.24) is 14.1 Å². The highest BCUT2D eigenvalue weighted by Gasteiger charge is 2.37. The Balaban J connectivity index is 2.44. The van der Waals surface area contributed by atoms with Crippen LogP contribution >= 0.6 is 11.8 Å². The van der Waals surface area contributed by atoms with Gasteiger partial charge in [0.05, 0.1) is 17.9 Å². The topological polar surface area (TPSA) is 81.2 Å². The van der Waals surface area contributed by atoms with Crippen LogP contribution in [0.15, 0.2) is 4.90 Å². The van der Waals surface area contributed by atoms with Crippen LogP contribution in [-0.4, -0.2) is 52.6 Å². The van der Waals surface area contributed by atoms with Gasteiger partial charge in [0, 0.05) is 30.1 Å². The number of thioether (sulfide) groups is 1. The average molecular weight is 332 g/mol. The van der Waals surface area contributed by atoms with Gasteiger partial charge in [0.1, 0.15) is 4.90 Å². The summed E-state index contributed by atoms with van der Waals surface area (Å²) in [6, 6.07) is -0.00888. The molecule has 0 amide bonds. The Morgan fingerprint density at radius 3 is 2.67 bits per heavy atom. The zero-order valence-electron chi connectivity index (χ0n) is 13.0. The third kappa shape index (κ3) is 2.99. The van der Waals surface area contributed by atoms with Crippen LogP contribution in [0.25, 0.3) is 0 Å². The summed E-state index contributed by atoms with van der Waals surface area (Å²) in [5, 5.41) is 4.63. The number of nitrogens with two attached hydrogens (primary N) is 1. The van der Waals surface area contributed by atoms with Crippen LogP contribution < -0.4 is 5.73 Å². The summed E-state index contributed by atoms with van der Waals surface area (Å²) < 4.78 is 29.4. The third-order valence-electron chi connectivity index (χ3n) is 4.05. The molecule has 6 nitrogen and oxygen atoms in total. The van der Waals surface area contributed by atoms with Crippen molar-refractivity contribution in [2.45, 2.75) is 50.4 Å². The highest BCUT2D eigenvalue weighted by Crippen LogP contribution is 2.31. The van der Waals surface area contributed by atoms with Crippen LogP contribution in [0.3, 0.4) is 0 Å². The van der Waals surface area contributed by atoms with Crippen LogP contribution in [0.4, 0.5) is 0 Å². The number of nitrogens with zero attached hydrogens (tertiary/aromatic N) is 3. The molecule has 8 heteroatoms. The lowest BCUT2D eigenvalue weighted by Gasteiger charge is -2.36. The summed E-state index contributed by atoms with van der Waals surface area (Å²) in [7, 11) is -3.51. The van der Waals surface area contributed by atoms with E-state index in [1.165, 1.54) is 0 Å². The number of aromatic nitrogens is 2. The first kappa shape index (κ1) is 16.8. The van der Waals surface area contributed by atoms with Crippen molar-refractivity contribution in [3.8, 4) is 0 Å². The molecule has 1 fully saturated rings. The monoisotopic (exact) mass is 332 g/mol.